The molecule has 2 heterocycles. The van der Waals surface area contributed by atoms with Crippen molar-refractivity contribution in [3.63, 3.8) is 0 Å². The predicted molar refractivity (Wildman–Crippen MR) is 49.9 cm³/mol. The molecular formula is C7H12N4O6. The van der Waals surface area contributed by atoms with Crippen LogP contribution in [0.5, 0.6) is 0 Å². The van der Waals surface area contributed by atoms with Crippen molar-refractivity contribution < 1.29 is 30.4 Å². The third-order valence-electron chi connectivity index (χ3n) is 2.77. The second-order valence-electron chi connectivity index (χ2n) is 3.71. The van der Waals surface area contributed by atoms with Crippen LogP contribution in [0.2, 0.25) is 0 Å². The van der Waals surface area contributed by atoms with E-state index in [0.29, 0.717) is 0 Å². The molecule has 0 aliphatic carbocycles. The van der Waals surface area contributed by atoms with Crippen molar-refractivity contribution in [3.8, 4) is 0 Å². The Morgan fingerprint density at radius 3 is 2.53 bits per heavy atom. The van der Waals surface area contributed by atoms with Gasteiger partial charge in [-0.25, -0.2) is 4.99 Å². The van der Waals surface area contributed by atoms with Gasteiger partial charge in [0.15, 0.2) is 0 Å². The Kier molecular flexibility index (Phi) is 2.95. The Balaban J connectivity index is 2.36. The summed E-state index contributed by atoms with van der Waals surface area (Å²) >= 11 is 0. The summed E-state index contributed by atoms with van der Waals surface area (Å²) in [6.45, 7) is -0.636. The number of rotatable bonds is 3. The molecular weight excluding hydrogens is 236 g/mol. The monoisotopic (exact) mass is 248 g/mol. The molecule has 2 rings (SSSR count). The largest absolute Gasteiger partial charge is 0.394 e. The van der Waals surface area contributed by atoms with Crippen molar-refractivity contribution >= 4 is 6.34 Å². The molecule has 96 valence electrons. The smallest absolute Gasteiger partial charge is 0.304 e. The number of azo groups is 1. The zero-order valence-corrected chi connectivity index (χ0v) is 8.50. The van der Waals surface area contributed by atoms with E-state index in [4.69, 9.17) is 15.1 Å². The molecule has 10 nitrogen and oxygen atoms in total. The fraction of sp³-hybridized carbons (Fsp3) is 0.857. The van der Waals surface area contributed by atoms with Crippen LogP contribution in [0.15, 0.2) is 15.2 Å². The molecule has 10 heteroatoms. The van der Waals surface area contributed by atoms with Crippen molar-refractivity contribution in [2.45, 2.75) is 29.9 Å². The quantitative estimate of drug-likeness (QED) is 0.289. The van der Waals surface area contributed by atoms with E-state index in [0.717, 1.165) is 6.34 Å². The lowest BCUT2D eigenvalue weighted by atomic mass is 10.00. The highest BCUT2D eigenvalue weighted by Crippen LogP contribution is 2.40. The van der Waals surface area contributed by atoms with Crippen molar-refractivity contribution in [2.75, 3.05) is 6.61 Å². The maximum Gasteiger partial charge on any atom is 0.304 e. The average Bonchev–Trinajstić information content (AvgIpc) is 2.90. The molecule has 0 aromatic rings. The molecule has 0 saturated carbocycles. The first-order chi connectivity index (χ1) is 8.00. The van der Waals surface area contributed by atoms with Gasteiger partial charge in [-0.15, -0.1) is 10.2 Å². The molecule has 1 unspecified atom stereocenters. The molecule has 1 saturated heterocycles. The molecule has 0 aromatic carbocycles. The minimum absolute atomic E-state index is 0.636. The summed E-state index contributed by atoms with van der Waals surface area (Å²) in [6.07, 6.45) is -3.70. The van der Waals surface area contributed by atoms with Crippen LogP contribution >= 0.6 is 0 Å². The van der Waals surface area contributed by atoms with Gasteiger partial charge in [0.1, 0.15) is 24.7 Å². The van der Waals surface area contributed by atoms with E-state index in [-0.39, 0.29) is 0 Å². The lowest BCUT2D eigenvalue weighted by Crippen LogP contribution is -2.64. The van der Waals surface area contributed by atoms with Crippen molar-refractivity contribution in [2.24, 2.45) is 15.2 Å². The summed E-state index contributed by atoms with van der Waals surface area (Å²) in [5, 5.41) is 54.0. The van der Waals surface area contributed by atoms with E-state index in [1.165, 1.54) is 0 Å². The average molecular weight is 248 g/mol. The normalized spacial score (nSPS) is 49.1. The van der Waals surface area contributed by atoms with Crippen LogP contribution in [0, 0.1) is 0 Å². The van der Waals surface area contributed by atoms with Gasteiger partial charge < -0.3 is 30.4 Å². The zero-order chi connectivity index (χ0) is 12.7. The van der Waals surface area contributed by atoms with E-state index >= 15 is 0 Å². The summed E-state index contributed by atoms with van der Waals surface area (Å²) < 4.78 is 4.92. The van der Waals surface area contributed by atoms with Crippen molar-refractivity contribution in [1.29, 1.82) is 0 Å². The Labute approximate surface area is 94.8 Å². The predicted octanol–water partition coefficient (Wildman–Crippen LogP) is -3.09. The van der Waals surface area contributed by atoms with E-state index in [1.807, 2.05) is 0 Å². The fourth-order valence-electron chi connectivity index (χ4n) is 1.78. The lowest BCUT2D eigenvalue weighted by molar-refractivity contribution is -0.286. The fourth-order valence-corrected chi connectivity index (χ4v) is 1.78. The van der Waals surface area contributed by atoms with Gasteiger partial charge in [0.25, 0.3) is 5.79 Å². The molecule has 0 bridgehead atoms. The maximum absolute atomic E-state index is 10.1. The SMILES string of the molecule is OC[C@H]1O[C@](O)(C2(NO)N=CN=N2)[C@H](O)[C@@H]1O. The zero-order valence-electron chi connectivity index (χ0n) is 8.50. The van der Waals surface area contributed by atoms with Crippen LogP contribution in [0.4, 0.5) is 0 Å². The first kappa shape index (κ1) is 12.4. The van der Waals surface area contributed by atoms with E-state index in [9.17, 15) is 15.3 Å². The van der Waals surface area contributed by atoms with Gasteiger partial charge in [0.05, 0.1) is 6.61 Å². The molecule has 0 radical (unpaired) electrons. The number of nitrogens with zero attached hydrogens (tertiary/aromatic N) is 3. The van der Waals surface area contributed by atoms with Crippen LogP contribution in [0.3, 0.4) is 0 Å². The van der Waals surface area contributed by atoms with Crippen molar-refractivity contribution in [3.05, 3.63) is 0 Å². The number of aliphatic hydroxyl groups is 4. The third kappa shape index (κ3) is 1.51. The van der Waals surface area contributed by atoms with Crippen LogP contribution in [-0.2, 0) is 4.74 Å². The first-order valence-corrected chi connectivity index (χ1v) is 4.75. The van der Waals surface area contributed by atoms with Crippen LogP contribution < -0.4 is 5.48 Å². The van der Waals surface area contributed by atoms with Crippen LogP contribution in [0.25, 0.3) is 0 Å². The van der Waals surface area contributed by atoms with Crippen LogP contribution in [-0.4, -0.2) is 68.5 Å². The first-order valence-electron chi connectivity index (χ1n) is 4.75. The topological polar surface area (TPSA) is 159 Å². The van der Waals surface area contributed by atoms with Gasteiger partial charge in [0, 0.05) is 0 Å². The number of hydroxylamine groups is 1. The Bertz CT molecular complexity index is 350. The standard InChI is InChI=1S/C7H12N4O6/c12-1-3-4(13)5(14)6(15,17-3)7(11-16)8-2-9-10-7/h2-5,11-16H,1H2/t3-,4-,5-,6+,7?/m1/s1. The molecule has 1 fully saturated rings. The Morgan fingerprint density at radius 2 is 2.12 bits per heavy atom. The Hall–Kier alpha value is -1.01. The Morgan fingerprint density at radius 1 is 1.41 bits per heavy atom. The molecule has 2 aliphatic rings. The van der Waals surface area contributed by atoms with Gasteiger partial charge in [-0.05, 0) is 0 Å². The highest BCUT2D eigenvalue weighted by Gasteiger charge is 2.67. The lowest BCUT2D eigenvalue weighted by Gasteiger charge is -2.35. The minimum atomic E-state index is -2.55. The summed E-state index contributed by atoms with van der Waals surface area (Å²) in [6, 6.07) is 0. The molecule has 2 aliphatic heterocycles. The van der Waals surface area contributed by atoms with Gasteiger partial charge in [-0.1, -0.05) is 0 Å². The number of aliphatic imine (C=N–C) groups is 1. The van der Waals surface area contributed by atoms with E-state index < -0.39 is 36.5 Å². The number of hydrogen-bond donors (Lipinski definition) is 6. The summed E-state index contributed by atoms with van der Waals surface area (Å²) in [4.78, 5) is 3.55. The summed E-state index contributed by atoms with van der Waals surface area (Å²) in [7, 11) is 0. The summed E-state index contributed by atoms with van der Waals surface area (Å²) in [5.41, 5.74) is 1.57. The molecule has 0 amide bonds. The number of aliphatic hydroxyl groups excluding tert-OH is 3. The molecule has 17 heavy (non-hydrogen) atoms. The van der Waals surface area contributed by atoms with E-state index in [1.54, 1.807) is 5.48 Å². The number of nitrogens with one attached hydrogen (secondary N) is 1. The van der Waals surface area contributed by atoms with Gasteiger partial charge in [-0.2, -0.15) is 5.48 Å². The van der Waals surface area contributed by atoms with Crippen LogP contribution in [0.1, 0.15) is 0 Å². The summed E-state index contributed by atoms with van der Waals surface area (Å²) in [5.74, 6) is -4.72. The van der Waals surface area contributed by atoms with E-state index in [2.05, 4.69) is 15.2 Å². The van der Waals surface area contributed by atoms with Gasteiger partial charge in [0.2, 0.25) is 0 Å². The molecule has 5 atom stereocenters. The second kappa shape index (κ2) is 4.03. The van der Waals surface area contributed by atoms with Gasteiger partial charge >= 0.3 is 5.79 Å². The molecule has 0 spiro atoms. The maximum atomic E-state index is 10.1. The third-order valence-corrected chi connectivity index (χ3v) is 2.77. The number of hydrogen-bond acceptors (Lipinski definition) is 10. The molecule has 0 aromatic heterocycles. The second-order valence-corrected chi connectivity index (χ2v) is 3.71. The molecule has 6 N–H and O–H groups in total. The van der Waals surface area contributed by atoms with Gasteiger partial charge in [-0.3, -0.25) is 0 Å². The highest BCUT2D eigenvalue weighted by atomic mass is 16.7. The highest BCUT2D eigenvalue weighted by molar-refractivity contribution is 5.57. The minimum Gasteiger partial charge on any atom is -0.394 e. The van der Waals surface area contributed by atoms with Crippen molar-refractivity contribution in [1.82, 2.24) is 5.48 Å². The number of ether oxygens (including phenoxy) is 1.